The molecule has 1 aliphatic rings. The van der Waals surface area contributed by atoms with Gasteiger partial charge in [0.2, 0.25) is 0 Å². The number of aliphatic hydroxyl groups excluding tert-OH is 1. The molecule has 0 spiro atoms. The van der Waals surface area contributed by atoms with Crippen LogP contribution in [0.25, 0.3) is 0 Å². The fourth-order valence-corrected chi connectivity index (χ4v) is 2.40. The molecule has 1 aromatic carbocycles. The third-order valence-corrected chi connectivity index (χ3v) is 3.85. The first-order valence-corrected chi connectivity index (χ1v) is 6.59. The average Bonchev–Trinajstić information content (AvgIpc) is 2.38. The summed E-state index contributed by atoms with van der Waals surface area (Å²) in [5.74, 6) is 0.340. The molecule has 0 radical (unpaired) electrons. The van der Waals surface area contributed by atoms with Crippen molar-refractivity contribution in [2.75, 3.05) is 6.61 Å². The minimum atomic E-state index is -0.267. The summed E-state index contributed by atoms with van der Waals surface area (Å²) in [5.41, 5.74) is 2.64. The van der Waals surface area contributed by atoms with Crippen molar-refractivity contribution in [1.82, 2.24) is 0 Å². The molecular formula is C15H22O2. The lowest BCUT2D eigenvalue weighted by atomic mass is 9.90. The Morgan fingerprint density at radius 3 is 2.94 bits per heavy atom. The molecule has 0 aliphatic carbocycles. The van der Waals surface area contributed by atoms with Crippen LogP contribution in [0.5, 0.6) is 0 Å². The van der Waals surface area contributed by atoms with E-state index in [0.717, 1.165) is 19.4 Å². The summed E-state index contributed by atoms with van der Waals surface area (Å²) in [6.45, 7) is 4.98. The van der Waals surface area contributed by atoms with Crippen molar-refractivity contribution in [3.05, 3.63) is 35.4 Å². The molecule has 0 aromatic heterocycles. The monoisotopic (exact) mass is 234 g/mol. The van der Waals surface area contributed by atoms with E-state index in [1.807, 2.05) is 0 Å². The molecule has 1 heterocycles. The van der Waals surface area contributed by atoms with Gasteiger partial charge in [0.15, 0.2) is 0 Å². The van der Waals surface area contributed by atoms with Gasteiger partial charge in [0.1, 0.15) is 0 Å². The van der Waals surface area contributed by atoms with Crippen LogP contribution >= 0.6 is 0 Å². The maximum Gasteiger partial charge on any atom is 0.0852 e. The number of hydrogen-bond acceptors (Lipinski definition) is 2. The van der Waals surface area contributed by atoms with Crippen LogP contribution in [0.3, 0.4) is 0 Å². The third-order valence-electron chi connectivity index (χ3n) is 3.85. The molecule has 3 unspecified atom stereocenters. The second kappa shape index (κ2) is 5.65. The summed E-state index contributed by atoms with van der Waals surface area (Å²) in [4.78, 5) is 0. The van der Waals surface area contributed by atoms with Crippen LogP contribution in [0.1, 0.15) is 43.9 Å². The Bertz CT molecular complexity index is 362. The highest BCUT2D eigenvalue weighted by molar-refractivity contribution is 5.30. The number of hydrogen-bond donors (Lipinski definition) is 1. The minimum absolute atomic E-state index is 0.0731. The molecule has 94 valence electrons. The van der Waals surface area contributed by atoms with Gasteiger partial charge in [0, 0.05) is 6.42 Å². The lowest BCUT2D eigenvalue weighted by Gasteiger charge is -2.29. The summed E-state index contributed by atoms with van der Waals surface area (Å²) in [5, 5.41) is 10.1. The van der Waals surface area contributed by atoms with Gasteiger partial charge < -0.3 is 9.84 Å². The number of ether oxygens (including phenoxy) is 1. The predicted molar refractivity (Wildman–Crippen MR) is 68.9 cm³/mol. The molecule has 2 rings (SSSR count). The Balaban J connectivity index is 2.08. The SMILES string of the molecule is CCC(C)C(O)CC1OCCc2ccccc21. The quantitative estimate of drug-likeness (QED) is 0.867. The third kappa shape index (κ3) is 2.88. The summed E-state index contributed by atoms with van der Waals surface area (Å²) in [7, 11) is 0. The Labute approximate surface area is 104 Å². The maximum atomic E-state index is 10.1. The van der Waals surface area contributed by atoms with Gasteiger partial charge in [-0.3, -0.25) is 0 Å². The predicted octanol–water partition coefficient (Wildman–Crippen LogP) is 3.10. The van der Waals surface area contributed by atoms with Crippen LogP contribution in [0.4, 0.5) is 0 Å². The van der Waals surface area contributed by atoms with Crippen LogP contribution in [0.2, 0.25) is 0 Å². The minimum Gasteiger partial charge on any atom is -0.393 e. The molecular weight excluding hydrogens is 212 g/mol. The van der Waals surface area contributed by atoms with E-state index >= 15 is 0 Å². The van der Waals surface area contributed by atoms with Crippen molar-refractivity contribution in [1.29, 1.82) is 0 Å². The van der Waals surface area contributed by atoms with Crippen molar-refractivity contribution in [3.8, 4) is 0 Å². The van der Waals surface area contributed by atoms with Crippen LogP contribution in [0.15, 0.2) is 24.3 Å². The van der Waals surface area contributed by atoms with E-state index in [0.29, 0.717) is 12.3 Å². The van der Waals surface area contributed by atoms with Gasteiger partial charge in [0.05, 0.1) is 18.8 Å². The molecule has 0 bridgehead atoms. The molecule has 17 heavy (non-hydrogen) atoms. The van der Waals surface area contributed by atoms with Crippen LogP contribution in [-0.2, 0) is 11.2 Å². The lowest BCUT2D eigenvalue weighted by Crippen LogP contribution is -2.24. The average molecular weight is 234 g/mol. The smallest absolute Gasteiger partial charge is 0.0852 e. The van der Waals surface area contributed by atoms with Crippen molar-refractivity contribution in [2.24, 2.45) is 5.92 Å². The normalized spacial score (nSPS) is 22.9. The molecule has 2 nitrogen and oxygen atoms in total. The fraction of sp³-hybridized carbons (Fsp3) is 0.600. The second-order valence-corrected chi connectivity index (χ2v) is 5.00. The van der Waals surface area contributed by atoms with Crippen LogP contribution < -0.4 is 0 Å². The van der Waals surface area contributed by atoms with Crippen LogP contribution in [0, 0.1) is 5.92 Å². The van der Waals surface area contributed by atoms with Gasteiger partial charge in [0.25, 0.3) is 0 Å². The van der Waals surface area contributed by atoms with Crippen molar-refractivity contribution < 1.29 is 9.84 Å². The molecule has 0 saturated heterocycles. The van der Waals surface area contributed by atoms with Gasteiger partial charge in [-0.1, -0.05) is 44.5 Å². The Hall–Kier alpha value is -0.860. The first-order chi connectivity index (χ1) is 8.22. The molecule has 1 aromatic rings. The summed E-state index contributed by atoms with van der Waals surface area (Å²) in [6, 6.07) is 8.42. The molecule has 0 amide bonds. The van der Waals surface area contributed by atoms with E-state index in [1.165, 1.54) is 11.1 Å². The second-order valence-electron chi connectivity index (χ2n) is 5.00. The zero-order valence-corrected chi connectivity index (χ0v) is 10.7. The van der Waals surface area contributed by atoms with Gasteiger partial charge in [-0.2, -0.15) is 0 Å². The van der Waals surface area contributed by atoms with Crippen molar-refractivity contribution in [3.63, 3.8) is 0 Å². The number of aliphatic hydroxyl groups is 1. The van der Waals surface area contributed by atoms with Crippen molar-refractivity contribution in [2.45, 2.75) is 45.3 Å². The van der Waals surface area contributed by atoms with Gasteiger partial charge in [-0.05, 0) is 23.5 Å². The van der Waals surface area contributed by atoms with Gasteiger partial charge >= 0.3 is 0 Å². The van der Waals surface area contributed by atoms with Crippen LogP contribution in [-0.4, -0.2) is 17.8 Å². The Morgan fingerprint density at radius 2 is 2.18 bits per heavy atom. The van der Waals surface area contributed by atoms with E-state index in [4.69, 9.17) is 4.74 Å². The van der Waals surface area contributed by atoms with Gasteiger partial charge in [-0.15, -0.1) is 0 Å². The van der Waals surface area contributed by atoms with Crippen molar-refractivity contribution >= 4 is 0 Å². The molecule has 0 fully saturated rings. The standard InChI is InChI=1S/C15H22O2/c1-3-11(2)14(16)10-15-13-7-5-4-6-12(13)8-9-17-15/h4-7,11,14-16H,3,8-10H2,1-2H3. The Kier molecular flexibility index (Phi) is 4.19. The van der Waals surface area contributed by atoms with E-state index in [1.54, 1.807) is 0 Å². The Morgan fingerprint density at radius 1 is 1.41 bits per heavy atom. The highest BCUT2D eigenvalue weighted by Gasteiger charge is 2.24. The van der Waals surface area contributed by atoms with E-state index in [2.05, 4.69) is 38.1 Å². The summed E-state index contributed by atoms with van der Waals surface area (Å²) >= 11 is 0. The van der Waals surface area contributed by atoms with Gasteiger partial charge in [-0.25, -0.2) is 0 Å². The first kappa shape index (κ1) is 12.6. The molecule has 1 aliphatic heterocycles. The van der Waals surface area contributed by atoms with E-state index in [-0.39, 0.29) is 12.2 Å². The summed E-state index contributed by atoms with van der Waals surface area (Å²) < 4.78 is 5.81. The lowest BCUT2D eigenvalue weighted by molar-refractivity contribution is -0.00969. The highest BCUT2D eigenvalue weighted by Crippen LogP contribution is 2.31. The fourth-order valence-electron chi connectivity index (χ4n) is 2.40. The molecule has 0 saturated carbocycles. The zero-order chi connectivity index (χ0) is 12.3. The zero-order valence-electron chi connectivity index (χ0n) is 10.7. The topological polar surface area (TPSA) is 29.5 Å². The largest absolute Gasteiger partial charge is 0.393 e. The number of benzene rings is 1. The maximum absolute atomic E-state index is 10.1. The number of fused-ring (bicyclic) bond motifs is 1. The highest BCUT2D eigenvalue weighted by atomic mass is 16.5. The number of rotatable bonds is 4. The molecule has 1 N–H and O–H groups in total. The van der Waals surface area contributed by atoms with E-state index in [9.17, 15) is 5.11 Å². The summed E-state index contributed by atoms with van der Waals surface area (Å²) in [6.07, 6.45) is 2.52. The van der Waals surface area contributed by atoms with E-state index < -0.39 is 0 Å². The molecule has 3 atom stereocenters. The first-order valence-electron chi connectivity index (χ1n) is 6.59. The molecule has 2 heteroatoms.